The second-order valence-electron chi connectivity index (χ2n) is 4.65. The summed E-state index contributed by atoms with van der Waals surface area (Å²) in [5.74, 6) is -0.246. The number of nitrogens with zero attached hydrogens (tertiary/aromatic N) is 3. The maximum Gasteiger partial charge on any atom is 0.123 e. The Hall–Kier alpha value is -2.75. The van der Waals surface area contributed by atoms with Crippen molar-refractivity contribution in [3.05, 3.63) is 66.6 Å². The Balaban J connectivity index is 2.11. The van der Waals surface area contributed by atoms with E-state index in [1.807, 2.05) is 24.3 Å². The molecule has 0 bridgehead atoms. The number of hydrogen-bond acceptors (Lipinski definition) is 2. The van der Waals surface area contributed by atoms with Crippen LogP contribution in [0.3, 0.4) is 0 Å². The highest BCUT2D eigenvalue weighted by molar-refractivity contribution is 5.97. The lowest BCUT2D eigenvalue weighted by Gasteiger charge is -2.07. The van der Waals surface area contributed by atoms with Crippen molar-refractivity contribution in [2.45, 2.75) is 0 Å². The van der Waals surface area contributed by atoms with Crippen molar-refractivity contribution in [3.8, 4) is 11.3 Å². The summed E-state index contributed by atoms with van der Waals surface area (Å²) in [6, 6.07) is 16.5. The summed E-state index contributed by atoms with van der Waals surface area (Å²) >= 11 is 0. The zero-order valence-electron chi connectivity index (χ0n) is 10.5. The molecule has 0 unspecified atom stereocenters. The van der Waals surface area contributed by atoms with E-state index in [9.17, 15) is 4.39 Å². The highest BCUT2D eigenvalue weighted by Crippen LogP contribution is 2.27. The maximum absolute atomic E-state index is 13.1. The molecule has 0 saturated heterocycles. The van der Waals surface area contributed by atoms with Crippen LogP contribution >= 0.6 is 0 Å². The Bertz CT molecular complexity index is 910. The maximum atomic E-state index is 13.1. The zero-order valence-corrected chi connectivity index (χ0v) is 10.5. The van der Waals surface area contributed by atoms with Crippen molar-refractivity contribution < 1.29 is 4.39 Å². The van der Waals surface area contributed by atoms with E-state index in [0.29, 0.717) is 0 Å². The highest BCUT2D eigenvalue weighted by atomic mass is 19.1. The average molecular weight is 263 g/mol. The van der Waals surface area contributed by atoms with Crippen molar-refractivity contribution >= 4 is 16.3 Å². The van der Waals surface area contributed by atoms with Gasteiger partial charge in [0.1, 0.15) is 5.82 Å². The largest absolute Gasteiger partial charge is 0.212 e. The predicted octanol–water partition coefficient (Wildman–Crippen LogP) is 3.69. The van der Waals surface area contributed by atoms with E-state index in [1.165, 1.54) is 12.1 Å². The van der Waals surface area contributed by atoms with E-state index in [1.54, 1.807) is 22.8 Å². The van der Waals surface area contributed by atoms with Gasteiger partial charge in [0.25, 0.3) is 0 Å². The molecule has 0 N–H and O–H groups in total. The zero-order chi connectivity index (χ0) is 13.5. The van der Waals surface area contributed by atoms with Crippen LogP contribution < -0.4 is 0 Å². The van der Waals surface area contributed by atoms with Gasteiger partial charge < -0.3 is 0 Å². The smallest absolute Gasteiger partial charge is 0.123 e. The number of benzene rings is 2. The number of pyridine rings is 1. The number of hydrogen-bond donors (Lipinski definition) is 0. The topological polar surface area (TPSA) is 30.2 Å². The minimum absolute atomic E-state index is 0.246. The molecule has 0 atom stereocenters. The monoisotopic (exact) mass is 263 g/mol. The number of halogens is 1. The van der Waals surface area contributed by atoms with Crippen molar-refractivity contribution in [2.75, 3.05) is 0 Å². The summed E-state index contributed by atoms with van der Waals surface area (Å²) in [5.41, 5.74) is 2.76. The Morgan fingerprint density at radius 3 is 2.60 bits per heavy atom. The Morgan fingerprint density at radius 1 is 0.950 bits per heavy atom. The third-order valence-electron chi connectivity index (χ3n) is 3.45. The fourth-order valence-electron chi connectivity index (χ4n) is 2.49. The molecule has 4 rings (SSSR count). The summed E-state index contributed by atoms with van der Waals surface area (Å²) in [6.45, 7) is 0. The summed E-state index contributed by atoms with van der Waals surface area (Å²) in [6.07, 6.45) is 1.75. The first-order chi connectivity index (χ1) is 9.83. The van der Waals surface area contributed by atoms with E-state index >= 15 is 0 Å². The van der Waals surface area contributed by atoms with Crippen LogP contribution in [0.1, 0.15) is 0 Å². The molecule has 0 amide bonds. The number of fused-ring (bicyclic) bond motifs is 3. The van der Waals surface area contributed by atoms with Gasteiger partial charge in [-0.2, -0.15) is 0 Å². The third kappa shape index (κ3) is 1.58. The SMILES string of the molecule is Fc1ccc(-c2cc3ccccc3c3cnnn23)cc1. The molecule has 0 aliphatic heterocycles. The lowest BCUT2D eigenvalue weighted by Crippen LogP contribution is -1.95. The van der Waals surface area contributed by atoms with Gasteiger partial charge in [-0.3, -0.25) is 0 Å². The lowest BCUT2D eigenvalue weighted by molar-refractivity contribution is 0.628. The molecule has 0 aliphatic carbocycles. The molecule has 0 aliphatic rings. The molecular weight excluding hydrogens is 253 g/mol. The molecule has 4 aromatic rings. The Labute approximate surface area is 114 Å². The van der Waals surface area contributed by atoms with Crippen molar-refractivity contribution in [1.82, 2.24) is 14.8 Å². The minimum atomic E-state index is -0.246. The van der Waals surface area contributed by atoms with E-state index < -0.39 is 0 Å². The second kappa shape index (κ2) is 4.13. The molecular formula is C16H10FN3. The normalized spacial score (nSPS) is 11.2. The van der Waals surface area contributed by atoms with Crippen molar-refractivity contribution in [2.24, 2.45) is 0 Å². The van der Waals surface area contributed by atoms with Crippen LogP contribution in [0.4, 0.5) is 4.39 Å². The van der Waals surface area contributed by atoms with Gasteiger partial charge in [-0.25, -0.2) is 8.91 Å². The van der Waals surface area contributed by atoms with Gasteiger partial charge in [0.05, 0.1) is 17.4 Å². The third-order valence-corrected chi connectivity index (χ3v) is 3.45. The van der Waals surface area contributed by atoms with Crippen LogP contribution in [0.2, 0.25) is 0 Å². The van der Waals surface area contributed by atoms with Crippen LogP contribution in [-0.2, 0) is 0 Å². The van der Waals surface area contributed by atoms with Crippen molar-refractivity contribution in [3.63, 3.8) is 0 Å². The highest BCUT2D eigenvalue weighted by Gasteiger charge is 2.09. The Kier molecular flexibility index (Phi) is 2.29. The lowest BCUT2D eigenvalue weighted by atomic mass is 10.1. The average Bonchev–Trinajstić information content (AvgIpc) is 2.97. The molecule has 0 saturated carbocycles. The fraction of sp³-hybridized carbons (Fsp3) is 0. The first-order valence-corrected chi connectivity index (χ1v) is 6.31. The van der Waals surface area contributed by atoms with Crippen LogP contribution in [-0.4, -0.2) is 14.8 Å². The van der Waals surface area contributed by atoms with Gasteiger partial charge in [0.2, 0.25) is 0 Å². The van der Waals surface area contributed by atoms with Gasteiger partial charge >= 0.3 is 0 Å². The minimum Gasteiger partial charge on any atom is -0.212 e. The van der Waals surface area contributed by atoms with Gasteiger partial charge in [-0.15, -0.1) is 5.10 Å². The Morgan fingerprint density at radius 2 is 1.75 bits per heavy atom. The van der Waals surface area contributed by atoms with E-state index in [2.05, 4.69) is 16.4 Å². The molecule has 4 heteroatoms. The standard InChI is InChI=1S/C16H10FN3/c17-13-7-5-11(6-8-13)15-9-12-3-1-2-4-14(12)16-10-18-19-20(15)16/h1-10H. The van der Waals surface area contributed by atoms with Gasteiger partial charge in [-0.05, 0) is 35.7 Å². The summed E-state index contributed by atoms with van der Waals surface area (Å²) in [5, 5.41) is 10.3. The molecule has 2 heterocycles. The summed E-state index contributed by atoms with van der Waals surface area (Å²) in [4.78, 5) is 0. The molecule has 2 aromatic carbocycles. The first kappa shape index (κ1) is 11.1. The van der Waals surface area contributed by atoms with Gasteiger partial charge in [0, 0.05) is 10.9 Å². The fourth-order valence-corrected chi connectivity index (χ4v) is 2.49. The second-order valence-corrected chi connectivity index (χ2v) is 4.65. The van der Waals surface area contributed by atoms with Gasteiger partial charge in [0.15, 0.2) is 0 Å². The molecule has 20 heavy (non-hydrogen) atoms. The van der Waals surface area contributed by atoms with Crippen LogP contribution in [0.25, 0.3) is 27.5 Å². The van der Waals surface area contributed by atoms with Crippen molar-refractivity contribution in [1.29, 1.82) is 0 Å². The molecule has 0 fully saturated rings. The van der Waals surface area contributed by atoms with E-state index in [0.717, 1.165) is 27.5 Å². The predicted molar refractivity (Wildman–Crippen MR) is 75.9 cm³/mol. The number of rotatable bonds is 1. The van der Waals surface area contributed by atoms with Gasteiger partial charge in [-0.1, -0.05) is 29.5 Å². The van der Waals surface area contributed by atoms with Crippen LogP contribution in [0.5, 0.6) is 0 Å². The number of aromatic nitrogens is 3. The van der Waals surface area contributed by atoms with E-state index in [-0.39, 0.29) is 5.82 Å². The molecule has 96 valence electrons. The van der Waals surface area contributed by atoms with Crippen LogP contribution in [0, 0.1) is 5.82 Å². The summed E-state index contributed by atoms with van der Waals surface area (Å²) in [7, 11) is 0. The van der Waals surface area contributed by atoms with E-state index in [4.69, 9.17) is 0 Å². The molecule has 0 spiro atoms. The van der Waals surface area contributed by atoms with Crippen LogP contribution in [0.15, 0.2) is 60.8 Å². The molecule has 2 aromatic heterocycles. The first-order valence-electron chi connectivity index (χ1n) is 6.31. The quantitative estimate of drug-likeness (QED) is 0.524. The molecule has 0 radical (unpaired) electrons. The summed E-state index contributed by atoms with van der Waals surface area (Å²) < 4.78 is 14.9. The molecule has 3 nitrogen and oxygen atoms in total.